The van der Waals surface area contributed by atoms with E-state index in [9.17, 15) is 14.0 Å². The van der Waals surface area contributed by atoms with Crippen molar-refractivity contribution in [2.45, 2.75) is 19.8 Å². The van der Waals surface area contributed by atoms with E-state index in [-0.39, 0.29) is 17.5 Å². The predicted octanol–water partition coefficient (Wildman–Crippen LogP) is 2.66. The van der Waals surface area contributed by atoms with Crippen LogP contribution in [0.5, 0.6) is 0 Å². The first-order valence-electron chi connectivity index (χ1n) is 6.26. The predicted molar refractivity (Wildman–Crippen MR) is 76.0 cm³/mol. The fourth-order valence-electron chi connectivity index (χ4n) is 1.43. The van der Waals surface area contributed by atoms with Crippen LogP contribution >= 0.6 is 11.8 Å². The molecule has 0 bridgehead atoms. The van der Waals surface area contributed by atoms with Crippen molar-refractivity contribution in [2.75, 3.05) is 18.1 Å². The number of amides is 1. The quantitative estimate of drug-likeness (QED) is 0.589. The smallest absolute Gasteiger partial charge is 0.229 e. The number of rotatable bonds is 8. The molecule has 0 aliphatic carbocycles. The Morgan fingerprint density at radius 3 is 2.58 bits per heavy atom. The zero-order chi connectivity index (χ0) is 14.1. The van der Waals surface area contributed by atoms with E-state index in [1.807, 2.05) is 6.92 Å². The number of nitrogens with one attached hydrogen (secondary N) is 1. The number of ketones is 1. The van der Waals surface area contributed by atoms with Gasteiger partial charge in [-0.1, -0.05) is 6.92 Å². The second-order valence-corrected chi connectivity index (χ2v) is 5.19. The Morgan fingerprint density at radius 1 is 1.26 bits per heavy atom. The van der Waals surface area contributed by atoms with Crippen LogP contribution in [0.3, 0.4) is 0 Å². The molecule has 0 aliphatic rings. The molecule has 0 fully saturated rings. The van der Waals surface area contributed by atoms with Crippen LogP contribution in [0, 0.1) is 5.82 Å². The molecular weight excluding hydrogens is 265 g/mol. The highest BCUT2D eigenvalue weighted by Gasteiger charge is 2.06. The third-order valence-corrected chi connectivity index (χ3v) is 3.40. The lowest BCUT2D eigenvalue weighted by atomic mass is 10.1. The number of hydrogen-bond acceptors (Lipinski definition) is 3. The van der Waals surface area contributed by atoms with Crippen molar-refractivity contribution in [3.63, 3.8) is 0 Å². The number of carbonyl (C=O) groups excluding carboxylic acids is 2. The summed E-state index contributed by atoms with van der Waals surface area (Å²) >= 11 is 1.43. The molecule has 1 amide bonds. The summed E-state index contributed by atoms with van der Waals surface area (Å²) < 4.78 is 12.7. The van der Waals surface area contributed by atoms with Gasteiger partial charge in [0.15, 0.2) is 5.78 Å². The molecule has 0 aromatic heterocycles. The first-order valence-corrected chi connectivity index (χ1v) is 7.42. The van der Waals surface area contributed by atoms with Gasteiger partial charge in [-0.2, -0.15) is 11.8 Å². The molecule has 5 heteroatoms. The number of halogens is 1. The van der Waals surface area contributed by atoms with Crippen LogP contribution < -0.4 is 5.32 Å². The van der Waals surface area contributed by atoms with Gasteiger partial charge in [-0.15, -0.1) is 0 Å². The van der Waals surface area contributed by atoms with Crippen molar-refractivity contribution in [2.24, 2.45) is 0 Å². The maximum Gasteiger partial charge on any atom is 0.229 e. The number of benzene rings is 1. The van der Waals surface area contributed by atoms with E-state index in [1.54, 1.807) is 0 Å². The Bertz CT molecular complexity index is 420. The van der Waals surface area contributed by atoms with Crippen LogP contribution in [0.2, 0.25) is 0 Å². The van der Waals surface area contributed by atoms with Crippen LogP contribution in [0.25, 0.3) is 0 Å². The van der Waals surface area contributed by atoms with Gasteiger partial charge in [0.2, 0.25) is 5.91 Å². The van der Waals surface area contributed by atoms with E-state index in [4.69, 9.17) is 0 Å². The van der Waals surface area contributed by atoms with Gasteiger partial charge in [0.25, 0.3) is 0 Å². The molecule has 0 saturated heterocycles. The third kappa shape index (κ3) is 6.38. The Balaban J connectivity index is 2.20. The molecule has 19 heavy (non-hydrogen) atoms. The van der Waals surface area contributed by atoms with Gasteiger partial charge < -0.3 is 5.32 Å². The van der Waals surface area contributed by atoms with Gasteiger partial charge in [-0.3, -0.25) is 9.59 Å². The monoisotopic (exact) mass is 283 g/mol. The van der Waals surface area contributed by atoms with Crippen molar-refractivity contribution in [3.8, 4) is 0 Å². The zero-order valence-corrected chi connectivity index (χ0v) is 11.8. The number of carbonyl (C=O) groups is 2. The van der Waals surface area contributed by atoms with Crippen LogP contribution in [0.1, 0.15) is 30.1 Å². The highest BCUT2D eigenvalue weighted by molar-refractivity contribution is 7.99. The van der Waals surface area contributed by atoms with E-state index in [2.05, 4.69) is 5.32 Å². The highest BCUT2D eigenvalue weighted by Crippen LogP contribution is 2.09. The molecule has 0 radical (unpaired) electrons. The molecular formula is C14H18FNO2S. The fraction of sp³-hybridized carbons (Fsp3) is 0.429. The summed E-state index contributed by atoms with van der Waals surface area (Å²) in [4.78, 5) is 23.0. The standard InChI is InChI=1S/C14H18FNO2S/c1-2-8-16-14(18)10-19-9-7-13(17)11-3-5-12(15)6-4-11/h3-6H,2,7-10H2,1H3,(H,16,18). The summed E-state index contributed by atoms with van der Waals surface area (Å²) in [6, 6.07) is 5.52. The second-order valence-electron chi connectivity index (χ2n) is 4.08. The Hall–Kier alpha value is -1.36. The lowest BCUT2D eigenvalue weighted by molar-refractivity contribution is -0.118. The van der Waals surface area contributed by atoms with Gasteiger partial charge in [0.05, 0.1) is 5.75 Å². The largest absolute Gasteiger partial charge is 0.355 e. The molecule has 0 spiro atoms. The van der Waals surface area contributed by atoms with E-state index >= 15 is 0 Å². The summed E-state index contributed by atoms with van der Waals surface area (Å²) in [6.07, 6.45) is 1.27. The first-order chi connectivity index (χ1) is 9.13. The molecule has 0 unspecified atom stereocenters. The van der Waals surface area contributed by atoms with Gasteiger partial charge in [0.1, 0.15) is 5.82 Å². The maximum atomic E-state index is 12.7. The van der Waals surface area contributed by atoms with Crippen molar-refractivity contribution >= 4 is 23.5 Å². The molecule has 104 valence electrons. The summed E-state index contributed by atoms with van der Waals surface area (Å²) in [5, 5.41) is 2.77. The van der Waals surface area contributed by atoms with Gasteiger partial charge in [0, 0.05) is 24.3 Å². The molecule has 1 aromatic carbocycles. The molecule has 1 aromatic rings. The van der Waals surface area contributed by atoms with Crippen molar-refractivity contribution in [3.05, 3.63) is 35.6 Å². The van der Waals surface area contributed by atoms with E-state index in [0.717, 1.165) is 6.42 Å². The number of Topliss-reactive ketones (excluding diaryl/α,β-unsaturated/α-hetero) is 1. The SMILES string of the molecule is CCCNC(=O)CSCCC(=O)c1ccc(F)cc1. The van der Waals surface area contributed by atoms with Gasteiger partial charge in [-0.05, 0) is 30.7 Å². The molecule has 0 saturated carbocycles. The summed E-state index contributed by atoms with van der Waals surface area (Å²) in [7, 11) is 0. The molecule has 0 atom stereocenters. The summed E-state index contributed by atoms with van der Waals surface area (Å²) in [5.41, 5.74) is 0.512. The normalized spacial score (nSPS) is 10.2. The molecule has 1 N–H and O–H groups in total. The van der Waals surface area contributed by atoms with Crippen LogP contribution in [-0.2, 0) is 4.79 Å². The Kier molecular flexibility index (Phi) is 7.18. The Labute approximate surface area is 117 Å². The van der Waals surface area contributed by atoms with E-state index in [0.29, 0.717) is 30.0 Å². The van der Waals surface area contributed by atoms with Crippen molar-refractivity contribution < 1.29 is 14.0 Å². The Morgan fingerprint density at radius 2 is 1.95 bits per heavy atom. The first kappa shape index (κ1) is 15.7. The van der Waals surface area contributed by atoms with Crippen LogP contribution in [0.4, 0.5) is 4.39 Å². The molecule has 0 aliphatic heterocycles. The van der Waals surface area contributed by atoms with Crippen molar-refractivity contribution in [1.29, 1.82) is 0 Å². The zero-order valence-electron chi connectivity index (χ0n) is 10.9. The molecule has 3 nitrogen and oxygen atoms in total. The minimum absolute atomic E-state index is 0.00100. The van der Waals surface area contributed by atoms with Gasteiger partial charge in [-0.25, -0.2) is 4.39 Å². The van der Waals surface area contributed by atoms with Crippen LogP contribution in [0.15, 0.2) is 24.3 Å². The average Bonchev–Trinajstić information content (AvgIpc) is 2.41. The second kappa shape index (κ2) is 8.69. The van der Waals surface area contributed by atoms with E-state index in [1.165, 1.54) is 36.0 Å². The van der Waals surface area contributed by atoms with E-state index < -0.39 is 0 Å². The summed E-state index contributed by atoms with van der Waals surface area (Å²) in [5.74, 6) is 0.591. The lowest BCUT2D eigenvalue weighted by Crippen LogP contribution is -2.25. The van der Waals surface area contributed by atoms with Crippen LogP contribution in [-0.4, -0.2) is 29.7 Å². The number of thioether (sulfide) groups is 1. The highest BCUT2D eigenvalue weighted by atomic mass is 32.2. The lowest BCUT2D eigenvalue weighted by Gasteiger charge is -2.03. The number of hydrogen-bond donors (Lipinski definition) is 1. The molecule has 1 rings (SSSR count). The summed E-state index contributed by atoms with van der Waals surface area (Å²) in [6.45, 7) is 2.68. The minimum atomic E-state index is -0.349. The third-order valence-electron chi connectivity index (χ3n) is 2.44. The minimum Gasteiger partial charge on any atom is -0.355 e. The average molecular weight is 283 g/mol. The fourth-order valence-corrected chi connectivity index (χ4v) is 2.19. The topological polar surface area (TPSA) is 46.2 Å². The van der Waals surface area contributed by atoms with Crippen molar-refractivity contribution in [1.82, 2.24) is 5.32 Å². The van der Waals surface area contributed by atoms with Gasteiger partial charge >= 0.3 is 0 Å². The maximum absolute atomic E-state index is 12.7. The molecule has 0 heterocycles.